The second-order valence-electron chi connectivity index (χ2n) is 3.12. The second kappa shape index (κ2) is 6.62. The van der Waals surface area contributed by atoms with Crippen molar-refractivity contribution >= 4 is 15.9 Å². The van der Waals surface area contributed by atoms with Crippen molar-refractivity contribution in [2.75, 3.05) is 12.4 Å². The van der Waals surface area contributed by atoms with Crippen LogP contribution in [0.25, 0.3) is 0 Å². The zero-order valence-electron chi connectivity index (χ0n) is 8.67. The fourth-order valence-electron chi connectivity index (χ4n) is 1.24. The van der Waals surface area contributed by atoms with Gasteiger partial charge in [0.15, 0.2) is 11.6 Å². The molecule has 0 aliphatic heterocycles. The van der Waals surface area contributed by atoms with E-state index in [0.29, 0.717) is 5.75 Å². The summed E-state index contributed by atoms with van der Waals surface area (Å²) in [5, 5.41) is 0.959. The summed E-state index contributed by atoms with van der Waals surface area (Å²) in [5.41, 5.74) is 0.958. The first-order chi connectivity index (χ1) is 7.27. The van der Waals surface area contributed by atoms with Gasteiger partial charge in [0.1, 0.15) is 0 Å². The molecular formula is C12H14BrFO. The summed E-state index contributed by atoms with van der Waals surface area (Å²) < 4.78 is 18.1. The average molecular weight is 273 g/mol. The summed E-state index contributed by atoms with van der Waals surface area (Å²) >= 11 is 3.34. The third-order valence-electron chi connectivity index (χ3n) is 2.01. The fourth-order valence-corrected chi connectivity index (χ4v) is 1.50. The molecule has 15 heavy (non-hydrogen) atoms. The topological polar surface area (TPSA) is 9.23 Å². The summed E-state index contributed by atoms with van der Waals surface area (Å²) in [7, 11) is 1.47. The number of allylic oxidation sites excluding steroid dienone is 2. The molecule has 0 fully saturated rings. The van der Waals surface area contributed by atoms with Crippen molar-refractivity contribution < 1.29 is 9.13 Å². The van der Waals surface area contributed by atoms with Crippen molar-refractivity contribution in [3.8, 4) is 5.75 Å². The largest absolute Gasteiger partial charge is 0.494 e. The third-order valence-corrected chi connectivity index (χ3v) is 2.47. The highest BCUT2D eigenvalue weighted by Gasteiger charge is 2.01. The molecule has 0 spiro atoms. The molecule has 0 amide bonds. The molecule has 1 aromatic rings. The van der Waals surface area contributed by atoms with Gasteiger partial charge in [-0.05, 0) is 30.5 Å². The number of benzene rings is 1. The molecule has 1 aromatic carbocycles. The first-order valence-electron chi connectivity index (χ1n) is 4.81. The van der Waals surface area contributed by atoms with E-state index in [9.17, 15) is 4.39 Å². The first-order valence-corrected chi connectivity index (χ1v) is 5.93. The second-order valence-corrected chi connectivity index (χ2v) is 3.92. The maximum absolute atomic E-state index is 13.3. The molecule has 0 unspecified atom stereocenters. The number of methoxy groups -OCH3 is 1. The minimum atomic E-state index is -0.302. The number of ether oxygens (including phenoxy) is 1. The molecule has 0 aliphatic carbocycles. The first kappa shape index (κ1) is 12.2. The summed E-state index contributed by atoms with van der Waals surface area (Å²) in [6.45, 7) is 0. The summed E-state index contributed by atoms with van der Waals surface area (Å²) in [5.74, 6) is -0.00733. The minimum absolute atomic E-state index is 0.295. The quantitative estimate of drug-likeness (QED) is 0.587. The third kappa shape index (κ3) is 4.04. The molecule has 0 N–H and O–H groups in total. The lowest BCUT2D eigenvalue weighted by Crippen LogP contribution is -1.90. The lowest BCUT2D eigenvalue weighted by molar-refractivity contribution is 0.386. The molecule has 0 heterocycles. The van der Waals surface area contributed by atoms with Crippen molar-refractivity contribution in [1.29, 1.82) is 0 Å². The van der Waals surface area contributed by atoms with Gasteiger partial charge in [-0.15, -0.1) is 0 Å². The van der Waals surface area contributed by atoms with E-state index >= 15 is 0 Å². The Balaban J connectivity index is 2.59. The normalized spacial score (nSPS) is 10.9. The van der Waals surface area contributed by atoms with Crippen molar-refractivity contribution in [3.05, 3.63) is 41.7 Å². The van der Waals surface area contributed by atoms with Gasteiger partial charge in [0.2, 0.25) is 0 Å². The van der Waals surface area contributed by atoms with Gasteiger partial charge in [0, 0.05) is 5.33 Å². The molecular weight excluding hydrogens is 259 g/mol. The van der Waals surface area contributed by atoms with E-state index in [1.807, 2.05) is 12.1 Å². The van der Waals surface area contributed by atoms with Crippen LogP contribution < -0.4 is 4.74 Å². The SMILES string of the molecule is COc1ccc(CC=CCCBr)cc1F. The molecule has 0 atom stereocenters. The van der Waals surface area contributed by atoms with Crippen LogP contribution >= 0.6 is 15.9 Å². The summed E-state index contributed by atoms with van der Waals surface area (Å²) in [4.78, 5) is 0. The molecule has 1 rings (SSSR count). The summed E-state index contributed by atoms with van der Waals surface area (Å²) in [6, 6.07) is 5.04. The molecule has 0 saturated carbocycles. The monoisotopic (exact) mass is 272 g/mol. The lowest BCUT2D eigenvalue weighted by Gasteiger charge is -2.02. The Hall–Kier alpha value is -0.830. The van der Waals surface area contributed by atoms with Gasteiger partial charge in [-0.1, -0.05) is 34.1 Å². The van der Waals surface area contributed by atoms with Crippen molar-refractivity contribution in [2.24, 2.45) is 0 Å². The van der Waals surface area contributed by atoms with E-state index in [1.54, 1.807) is 6.07 Å². The van der Waals surface area contributed by atoms with Crippen LogP contribution in [0, 0.1) is 5.82 Å². The Morgan fingerprint density at radius 2 is 2.20 bits per heavy atom. The van der Waals surface area contributed by atoms with Crippen LogP contribution in [0.2, 0.25) is 0 Å². The number of alkyl halides is 1. The molecule has 0 saturated heterocycles. The summed E-state index contributed by atoms with van der Waals surface area (Å²) in [6.07, 6.45) is 5.88. The van der Waals surface area contributed by atoms with E-state index in [2.05, 4.69) is 22.0 Å². The lowest BCUT2D eigenvalue weighted by atomic mass is 10.1. The van der Waals surface area contributed by atoms with Crippen LogP contribution in [-0.2, 0) is 6.42 Å². The molecule has 1 nitrogen and oxygen atoms in total. The smallest absolute Gasteiger partial charge is 0.165 e. The fraction of sp³-hybridized carbons (Fsp3) is 0.333. The number of hydrogen-bond acceptors (Lipinski definition) is 1. The van der Waals surface area contributed by atoms with Gasteiger partial charge in [0.05, 0.1) is 7.11 Å². The van der Waals surface area contributed by atoms with E-state index in [-0.39, 0.29) is 5.82 Å². The molecule has 3 heteroatoms. The highest BCUT2D eigenvalue weighted by atomic mass is 79.9. The maximum Gasteiger partial charge on any atom is 0.165 e. The van der Waals surface area contributed by atoms with Crippen molar-refractivity contribution in [1.82, 2.24) is 0 Å². The zero-order valence-corrected chi connectivity index (χ0v) is 10.3. The number of hydrogen-bond donors (Lipinski definition) is 0. The highest BCUT2D eigenvalue weighted by molar-refractivity contribution is 9.09. The van der Waals surface area contributed by atoms with Crippen LogP contribution in [0.1, 0.15) is 12.0 Å². The Bertz CT molecular complexity index is 336. The number of rotatable bonds is 5. The van der Waals surface area contributed by atoms with Gasteiger partial charge in [0.25, 0.3) is 0 Å². The van der Waals surface area contributed by atoms with E-state index in [1.165, 1.54) is 13.2 Å². The Morgan fingerprint density at radius 3 is 2.80 bits per heavy atom. The Labute approximate surface area is 98.1 Å². The molecule has 0 aliphatic rings. The average Bonchev–Trinajstić information content (AvgIpc) is 2.25. The number of halogens is 2. The van der Waals surface area contributed by atoms with Crippen LogP contribution in [0.4, 0.5) is 4.39 Å². The minimum Gasteiger partial charge on any atom is -0.494 e. The predicted octanol–water partition coefficient (Wildman–Crippen LogP) is 3.72. The highest BCUT2D eigenvalue weighted by Crippen LogP contribution is 2.18. The molecule has 0 bridgehead atoms. The van der Waals surface area contributed by atoms with Crippen molar-refractivity contribution in [2.45, 2.75) is 12.8 Å². The zero-order chi connectivity index (χ0) is 11.1. The van der Waals surface area contributed by atoms with E-state index in [4.69, 9.17) is 4.74 Å². The van der Waals surface area contributed by atoms with E-state index in [0.717, 1.165) is 23.7 Å². The van der Waals surface area contributed by atoms with Crippen LogP contribution in [0.15, 0.2) is 30.4 Å². The Morgan fingerprint density at radius 1 is 1.40 bits per heavy atom. The molecule has 0 aromatic heterocycles. The van der Waals surface area contributed by atoms with Crippen LogP contribution in [0.5, 0.6) is 5.75 Å². The van der Waals surface area contributed by atoms with Gasteiger partial charge in [-0.25, -0.2) is 4.39 Å². The molecule has 0 radical (unpaired) electrons. The van der Waals surface area contributed by atoms with E-state index < -0.39 is 0 Å². The van der Waals surface area contributed by atoms with Gasteiger partial charge in [-0.2, -0.15) is 0 Å². The Kier molecular flexibility index (Phi) is 5.40. The van der Waals surface area contributed by atoms with Crippen LogP contribution in [0.3, 0.4) is 0 Å². The standard InChI is InChI=1S/C12H14BrFO/c1-15-12-7-6-10(9-11(12)14)5-3-2-4-8-13/h2-3,6-7,9H,4-5,8H2,1H3. The van der Waals surface area contributed by atoms with Crippen LogP contribution in [-0.4, -0.2) is 12.4 Å². The predicted molar refractivity (Wildman–Crippen MR) is 64.2 cm³/mol. The van der Waals surface area contributed by atoms with Gasteiger partial charge < -0.3 is 4.74 Å². The van der Waals surface area contributed by atoms with Gasteiger partial charge in [-0.3, -0.25) is 0 Å². The van der Waals surface area contributed by atoms with Gasteiger partial charge >= 0.3 is 0 Å². The molecule has 82 valence electrons. The maximum atomic E-state index is 13.3. The van der Waals surface area contributed by atoms with Crippen molar-refractivity contribution in [3.63, 3.8) is 0 Å².